The number of nitrogens with zero attached hydrogens (tertiary/aromatic N) is 3. The lowest BCUT2D eigenvalue weighted by Gasteiger charge is -2.50. The standard InChI is InChI=1S/C26H34N4O7/c1-28(2)8-9-30(5)15-6-7-16(31)18-13(15)10-12-11-14-20(29(3)4)22(33)19(25(27)36)24(35)26(14,37)23(34)17(12)21(18)32/h6-7,12,14,20,31-32,35,37H,8-11H2,1-5H3,(H2,27,36)/t12?,14-,20-,26-/m0/s1. The number of hydrogen-bond acceptors (Lipinski definition) is 10. The predicted octanol–water partition coefficient (Wildman–Crippen LogP) is -0.0382. The van der Waals surface area contributed by atoms with Crippen molar-refractivity contribution in [3.05, 3.63) is 40.2 Å². The lowest BCUT2D eigenvalue weighted by Crippen LogP contribution is -2.65. The van der Waals surface area contributed by atoms with Crippen LogP contribution in [0.1, 0.15) is 17.5 Å². The number of carbonyl (C=O) groups is 3. The number of aromatic hydroxyl groups is 1. The summed E-state index contributed by atoms with van der Waals surface area (Å²) in [5.74, 6) is -6.56. The molecule has 6 N–H and O–H groups in total. The summed E-state index contributed by atoms with van der Waals surface area (Å²) >= 11 is 0. The minimum atomic E-state index is -2.64. The maximum absolute atomic E-state index is 13.9. The van der Waals surface area contributed by atoms with Crippen LogP contribution < -0.4 is 10.6 Å². The molecule has 11 heteroatoms. The van der Waals surface area contributed by atoms with Gasteiger partial charge in [0.1, 0.15) is 22.8 Å². The second kappa shape index (κ2) is 9.16. The molecule has 0 spiro atoms. The molecular formula is C26H34N4O7. The number of primary amides is 1. The van der Waals surface area contributed by atoms with E-state index in [1.54, 1.807) is 20.2 Å². The van der Waals surface area contributed by atoms with Crippen LogP contribution in [0.2, 0.25) is 0 Å². The molecule has 0 aromatic heterocycles. The molecule has 1 fully saturated rings. The van der Waals surface area contributed by atoms with Crippen molar-refractivity contribution in [2.75, 3.05) is 53.2 Å². The van der Waals surface area contributed by atoms with E-state index in [9.17, 15) is 34.8 Å². The Labute approximate surface area is 215 Å². The summed E-state index contributed by atoms with van der Waals surface area (Å²) in [6, 6.07) is 2.08. The van der Waals surface area contributed by atoms with Crippen LogP contribution in [0.15, 0.2) is 29.0 Å². The van der Waals surface area contributed by atoms with E-state index in [0.29, 0.717) is 12.1 Å². The van der Waals surface area contributed by atoms with Crippen molar-refractivity contribution in [1.82, 2.24) is 9.80 Å². The molecule has 4 rings (SSSR count). The van der Waals surface area contributed by atoms with Crippen LogP contribution in [0.5, 0.6) is 5.75 Å². The molecule has 200 valence electrons. The first kappa shape index (κ1) is 26.6. The average Bonchev–Trinajstić information content (AvgIpc) is 2.79. The SMILES string of the molecule is CN(C)CCN(C)c1ccc(O)c2c1CC1C[C@H]3[C@H](N(C)C)C(=O)C(C(N)=O)=C(O)[C@@]3(O)C(=O)C1=C2O. The molecule has 1 aromatic rings. The van der Waals surface area contributed by atoms with Crippen molar-refractivity contribution >= 4 is 28.9 Å². The fourth-order valence-corrected chi connectivity index (χ4v) is 6.06. The Kier molecular flexibility index (Phi) is 6.60. The number of aliphatic hydroxyl groups excluding tert-OH is 2. The van der Waals surface area contributed by atoms with E-state index in [-0.39, 0.29) is 29.7 Å². The highest BCUT2D eigenvalue weighted by atomic mass is 16.3. The van der Waals surface area contributed by atoms with Crippen molar-refractivity contribution in [2.24, 2.45) is 17.6 Å². The number of likely N-dealkylation sites (N-methyl/N-ethyl adjacent to an activating group) is 3. The smallest absolute Gasteiger partial charge is 0.255 e. The van der Waals surface area contributed by atoms with Gasteiger partial charge >= 0.3 is 0 Å². The minimum absolute atomic E-state index is 0.0578. The zero-order valence-corrected chi connectivity index (χ0v) is 21.6. The van der Waals surface area contributed by atoms with Crippen LogP contribution in [-0.2, 0) is 20.8 Å². The zero-order chi connectivity index (χ0) is 27.6. The molecule has 37 heavy (non-hydrogen) atoms. The van der Waals surface area contributed by atoms with Gasteiger partial charge in [-0.05, 0) is 64.6 Å². The van der Waals surface area contributed by atoms with Crippen molar-refractivity contribution in [3.63, 3.8) is 0 Å². The van der Waals surface area contributed by atoms with Gasteiger partial charge in [0.05, 0.1) is 11.6 Å². The van der Waals surface area contributed by atoms with Gasteiger partial charge in [0.15, 0.2) is 11.4 Å². The normalized spacial score (nSPS) is 27.4. The fraction of sp³-hybridized carbons (Fsp3) is 0.500. The summed E-state index contributed by atoms with van der Waals surface area (Å²) in [4.78, 5) is 44.6. The van der Waals surface area contributed by atoms with Crippen LogP contribution in [0.3, 0.4) is 0 Å². The highest BCUT2D eigenvalue weighted by Crippen LogP contribution is 2.53. The Balaban J connectivity index is 1.90. The Bertz CT molecular complexity index is 1250. The third-order valence-corrected chi connectivity index (χ3v) is 7.87. The lowest BCUT2D eigenvalue weighted by atomic mass is 9.57. The summed E-state index contributed by atoms with van der Waals surface area (Å²) in [6.45, 7) is 1.43. The molecule has 0 bridgehead atoms. The van der Waals surface area contributed by atoms with Crippen LogP contribution in [-0.4, -0.2) is 108 Å². The molecule has 11 nitrogen and oxygen atoms in total. The number of Topliss-reactive ketones (excluding diaryl/α,β-unsaturated/α-hetero) is 2. The van der Waals surface area contributed by atoms with Gasteiger partial charge < -0.3 is 36.0 Å². The quantitative estimate of drug-likeness (QED) is 0.325. The van der Waals surface area contributed by atoms with Crippen molar-refractivity contribution in [3.8, 4) is 5.75 Å². The van der Waals surface area contributed by atoms with Crippen LogP contribution in [0.25, 0.3) is 5.76 Å². The van der Waals surface area contributed by atoms with E-state index >= 15 is 0 Å². The monoisotopic (exact) mass is 514 g/mol. The first-order chi connectivity index (χ1) is 17.2. The minimum Gasteiger partial charge on any atom is -0.508 e. The molecule has 1 unspecified atom stereocenters. The number of rotatable bonds is 6. The highest BCUT2D eigenvalue weighted by molar-refractivity contribution is 6.24. The Morgan fingerprint density at radius 2 is 1.73 bits per heavy atom. The van der Waals surface area contributed by atoms with E-state index in [1.807, 2.05) is 30.9 Å². The molecular weight excluding hydrogens is 480 g/mol. The summed E-state index contributed by atoms with van der Waals surface area (Å²) in [5.41, 5.74) is 3.23. The van der Waals surface area contributed by atoms with Crippen LogP contribution in [0, 0.1) is 11.8 Å². The average molecular weight is 515 g/mol. The van der Waals surface area contributed by atoms with Crippen LogP contribution in [0.4, 0.5) is 5.69 Å². The van der Waals surface area contributed by atoms with Gasteiger partial charge in [-0.25, -0.2) is 0 Å². The third kappa shape index (κ3) is 3.89. The maximum Gasteiger partial charge on any atom is 0.255 e. The molecule has 1 amide bonds. The molecule has 0 heterocycles. The zero-order valence-electron chi connectivity index (χ0n) is 21.6. The second-order valence-electron chi connectivity index (χ2n) is 10.6. The maximum atomic E-state index is 13.9. The van der Waals surface area contributed by atoms with Gasteiger partial charge in [-0.3, -0.25) is 19.3 Å². The molecule has 3 aliphatic carbocycles. The molecule has 1 saturated carbocycles. The number of phenols is 1. The second-order valence-corrected chi connectivity index (χ2v) is 10.6. The summed E-state index contributed by atoms with van der Waals surface area (Å²) in [6.07, 6.45) is 0.312. The molecule has 0 saturated heterocycles. The van der Waals surface area contributed by atoms with Crippen molar-refractivity contribution < 1.29 is 34.8 Å². The first-order valence-corrected chi connectivity index (χ1v) is 12.1. The number of aliphatic hydroxyl groups is 3. The number of amides is 1. The highest BCUT2D eigenvalue weighted by Gasteiger charge is 2.64. The number of anilines is 1. The number of nitrogens with two attached hydrogens (primary N) is 1. The van der Waals surface area contributed by atoms with Gasteiger partial charge in [0.25, 0.3) is 5.91 Å². The van der Waals surface area contributed by atoms with Gasteiger partial charge in [-0.15, -0.1) is 0 Å². The van der Waals surface area contributed by atoms with E-state index in [4.69, 9.17) is 5.73 Å². The van der Waals surface area contributed by atoms with E-state index < -0.39 is 58.0 Å². The number of ketones is 2. The Morgan fingerprint density at radius 3 is 2.30 bits per heavy atom. The van der Waals surface area contributed by atoms with Gasteiger partial charge in [0.2, 0.25) is 5.78 Å². The largest absolute Gasteiger partial charge is 0.508 e. The third-order valence-electron chi connectivity index (χ3n) is 7.87. The van der Waals surface area contributed by atoms with Gasteiger partial charge in [-0.1, -0.05) is 0 Å². The molecule has 1 aromatic carbocycles. The summed E-state index contributed by atoms with van der Waals surface area (Å²) in [5, 5.41) is 44.5. The first-order valence-electron chi connectivity index (χ1n) is 12.1. The predicted molar refractivity (Wildman–Crippen MR) is 136 cm³/mol. The molecule has 3 aliphatic rings. The number of phenolic OH excluding ortho intramolecular Hbond substituents is 1. The molecule has 0 radical (unpaired) electrons. The van der Waals surface area contributed by atoms with Gasteiger partial charge in [-0.2, -0.15) is 0 Å². The van der Waals surface area contributed by atoms with E-state index in [0.717, 1.165) is 12.2 Å². The van der Waals surface area contributed by atoms with Crippen molar-refractivity contribution in [1.29, 1.82) is 0 Å². The van der Waals surface area contributed by atoms with Gasteiger partial charge in [0, 0.05) is 37.3 Å². The summed E-state index contributed by atoms with van der Waals surface area (Å²) in [7, 11) is 8.95. The summed E-state index contributed by atoms with van der Waals surface area (Å²) < 4.78 is 0. The Morgan fingerprint density at radius 1 is 1.08 bits per heavy atom. The number of fused-ring (bicyclic) bond motifs is 3. The van der Waals surface area contributed by atoms with Crippen LogP contribution >= 0.6 is 0 Å². The topological polar surface area (TPSA) is 168 Å². The number of carbonyl (C=O) groups excluding carboxylic acids is 3. The molecule has 0 aliphatic heterocycles. The number of benzene rings is 1. The molecule has 4 atom stereocenters. The van der Waals surface area contributed by atoms with E-state index in [1.165, 1.54) is 11.0 Å². The lowest BCUT2D eigenvalue weighted by molar-refractivity contribution is -0.153. The number of hydrogen-bond donors (Lipinski definition) is 5. The van der Waals surface area contributed by atoms with E-state index in [2.05, 4.69) is 0 Å². The fourth-order valence-electron chi connectivity index (χ4n) is 6.06. The van der Waals surface area contributed by atoms with Crippen molar-refractivity contribution in [2.45, 2.75) is 24.5 Å². The Hall–Kier alpha value is -3.41.